The van der Waals surface area contributed by atoms with Crippen LogP contribution in [0, 0.1) is 5.92 Å². The van der Waals surface area contributed by atoms with Gasteiger partial charge in [-0.25, -0.2) is 0 Å². The van der Waals surface area contributed by atoms with Gasteiger partial charge in [0.05, 0.1) is 12.6 Å². The SMILES string of the molecule is CC(O)C1CCN(CC(F)(F)c2ccccc2)CC1. The van der Waals surface area contributed by atoms with Gasteiger partial charge in [0, 0.05) is 5.56 Å². The van der Waals surface area contributed by atoms with E-state index < -0.39 is 5.92 Å². The van der Waals surface area contributed by atoms with Crippen molar-refractivity contribution in [3.63, 3.8) is 0 Å². The second kappa shape index (κ2) is 5.97. The predicted octanol–water partition coefficient (Wildman–Crippen LogP) is 2.87. The van der Waals surface area contributed by atoms with Crippen molar-refractivity contribution in [3.05, 3.63) is 35.9 Å². The lowest BCUT2D eigenvalue weighted by Gasteiger charge is -2.35. The maximum Gasteiger partial charge on any atom is 0.285 e. The third-order valence-electron chi connectivity index (χ3n) is 3.93. The molecule has 0 spiro atoms. The molecule has 0 aromatic heterocycles. The second-order valence-electron chi connectivity index (χ2n) is 5.42. The van der Waals surface area contributed by atoms with E-state index in [0.29, 0.717) is 13.1 Å². The number of benzene rings is 1. The number of halogens is 2. The van der Waals surface area contributed by atoms with Gasteiger partial charge in [-0.05, 0) is 38.8 Å². The maximum atomic E-state index is 14.1. The van der Waals surface area contributed by atoms with Gasteiger partial charge in [0.2, 0.25) is 0 Å². The Bertz CT molecular complexity index is 386. The number of rotatable bonds is 4. The molecule has 1 N–H and O–H groups in total. The molecule has 0 saturated carbocycles. The summed E-state index contributed by atoms with van der Waals surface area (Å²) in [6, 6.07) is 7.98. The van der Waals surface area contributed by atoms with Gasteiger partial charge in [-0.1, -0.05) is 30.3 Å². The molecule has 2 rings (SSSR count). The van der Waals surface area contributed by atoms with Crippen LogP contribution in [-0.4, -0.2) is 35.7 Å². The van der Waals surface area contributed by atoms with E-state index in [9.17, 15) is 13.9 Å². The smallest absolute Gasteiger partial charge is 0.285 e. The van der Waals surface area contributed by atoms with Gasteiger partial charge >= 0.3 is 0 Å². The van der Waals surface area contributed by atoms with Crippen molar-refractivity contribution in [2.45, 2.75) is 31.8 Å². The topological polar surface area (TPSA) is 23.5 Å². The summed E-state index contributed by atoms with van der Waals surface area (Å²) < 4.78 is 28.2. The quantitative estimate of drug-likeness (QED) is 0.908. The van der Waals surface area contributed by atoms with Crippen molar-refractivity contribution in [1.29, 1.82) is 0 Å². The molecule has 1 aliphatic heterocycles. The fraction of sp³-hybridized carbons (Fsp3) is 0.600. The van der Waals surface area contributed by atoms with Crippen molar-refractivity contribution in [3.8, 4) is 0 Å². The van der Waals surface area contributed by atoms with Gasteiger partial charge in [0.25, 0.3) is 5.92 Å². The molecule has 2 nitrogen and oxygen atoms in total. The molecule has 1 aromatic carbocycles. The van der Waals surface area contributed by atoms with Gasteiger partial charge in [0.15, 0.2) is 0 Å². The number of hydrogen-bond acceptors (Lipinski definition) is 2. The van der Waals surface area contributed by atoms with Gasteiger partial charge in [-0.15, -0.1) is 0 Å². The Morgan fingerprint density at radius 3 is 2.37 bits per heavy atom. The summed E-state index contributed by atoms with van der Waals surface area (Å²) in [4.78, 5) is 1.80. The van der Waals surface area contributed by atoms with Crippen molar-refractivity contribution in [2.75, 3.05) is 19.6 Å². The summed E-state index contributed by atoms with van der Waals surface area (Å²) in [6.45, 7) is 2.82. The molecule has 19 heavy (non-hydrogen) atoms. The Balaban J connectivity index is 1.92. The summed E-state index contributed by atoms with van der Waals surface area (Å²) >= 11 is 0. The van der Waals surface area contributed by atoms with E-state index in [2.05, 4.69) is 0 Å². The number of piperidine rings is 1. The van der Waals surface area contributed by atoms with E-state index in [1.165, 1.54) is 12.1 Å². The molecule has 1 saturated heterocycles. The molecular weight excluding hydrogens is 248 g/mol. The van der Waals surface area contributed by atoms with Crippen LogP contribution in [0.1, 0.15) is 25.3 Å². The molecule has 1 unspecified atom stereocenters. The van der Waals surface area contributed by atoms with Crippen LogP contribution in [-0.2, 0) is 5.92 Å². The predicted molar refractivity (Wildman–Crippen MR) is 71.2 cm³/mol. The summed E-state index contributed by atoms with van der Waals surface area (Å²) in [7, 11) is 0. The van der Waals surface area contributed by atoms with Crippen molar-refractivity contribution in [2.24, 2.45) is 5.92 Å². The van der Waals surface area contributed by atoms with E-state index in [-0.39, 0.29) is 24.1 Å². The zero-order chi connectivity index (χ0) is 13.9. The van der Waals surface area contributed by atoms with Gasteiger partial charge in [0.1, 0.15) is 0 Å². The summed E-state index contributed by atoms with van der Waals surface area (Å²) in [5, 5.41) is 9.51. The van der Waals surface area contributed by atoms with Crippen molar-refractivity contribution in [1.82, 2.24) is 4.90 Å². The minimum absolute atomic E-state index is 0.0765. The highest BCUT2D eigenvalue weighted by Crippen LogP contribution is 2.30. The minimum Gasteiger partial charge on any atom is -0.393 e. The van der Waals surface area contributed by atoms with Gasteiger partial charge in [-0.3, -0.25) is 4.90 Å². The Morgan fingerprint density at radius 2 is 1.84 bits per heavy atom. The molecule has 0 bridgehead atoms. The standard InChI is InChI=1S/C15H21F2NO/c1-12(19)13-7-9-18(10-8-13)11-15(16,17)14-5-3-2-4-6-14/h2-6,12-13,19H,7-11H2,1H3. The van der Waals surface area contributed by atoms with Crippen LogP contribution in [0.2, 0.25) is 0 Å². The van der Waals surface area contributed by atoms with Crippen LogP contribution < -0.4 is 0 Å². The Kier molecular flexibility index (Phi) is 4.53. The number of likely N-dealkylation sites (tertiary alicyclic amines) is 1. The summed E-state index contributed by atoms with van der Waals surface area (Å²) in [6.07, 6.45) is 1.25. The number of aliphatic hydroxyl groups excluding tert-OH is 1. The molecule has 1 aromatic rings. The molecule has 1 fully saturated rings. The van der Waals surface area contributed by atoms with Gasteiger partial charge < -0.3 is 5.11 Å². The minimum atomic E-state index is -2.81. The average Bonchev–Trinajstić information content (AvgIpc) is 2.40. The van der Waals surface area contributed by atoms with Crippen LogP contribution in [0.25, 0.3) is 0 Å². The van der Waals surface area contributed by atoms with Crippen LogP contribution in [0.4, 0.5) is 8.78 Å². The van der Waals surface area contributed by atoms with Crippen molar-refractivity contribution < 1.29 is 13.9 Å². The summed E-state index contributed by atoms with van der Waals surface area (Å²) in [5.41, 5.74) is 0.0765. The zero-order valence-corrected chi connectivity index (χ0v) is 11.2. The molecule has 4 heteroatoms. The number of hydrogen-bond donors (Lipinski definition) is 1. The molecule has 1 aliphatic rings. The Morgan fingerprint density at radius 1 is 1.26 bits per heavy atom. The monoisotopic (exact) mass is 269 g/mol. The Labute approximate surface area is 113 Å². The third kappa shape index (κ3) is 3.74. The lowest BCUT2D eigenvalue weighted by Crippen LogP contribution is -2.42. The molecule has 0 aliphatic carbocycles. The maximum absolute atomic E-state index is 14.1. The number of alkyl halides is 2. The Hall–Kier alpha value is -1.00. The second-order valence-corrected chi connectivity index (χ2v) is 5.42. The van der Waals surface area contributed by atoms with Crippen LogP contribution >= 0.6 is 0 Å². The zero-order valence-electron chi connectivity index (χ0n) is 11.2. The first kappa shape index (κ1) is 14.4. The normalized spacial score (nSPS) is 20.4. The highest BCUT2D eigenvalue weighted by atomic mass is 19.3. The third-order valence-corrected chi connectivity index (χ3v) is 3.93. The highest BCUT2D eigenvalue weighted by molar-refractivity contribution is 5.20. The van der Waals surface area contributed by atoms with E-state index in [1.807, 2.05) is 0 Å². The average molecular weight is 269 g/mol. The molecule has 0 amide bonds. The molecular formula is C15H21F2NO. The lowest BCUT2D eigenvalue weighted by atomic mass is 9.92. The number of aliphatic hydroxyl groups is 1. The molecule has 1 heterocycles. The van der Waals surface area contributed by atoms with E-state index in [0.717, 1.165) is 12.8 Å². The van der Waals surface area contributed by atoms with Crippen LogP contribution in [0.5, 0.6) is 0 Å². The first-order valence-electron chi connectivity index (χ1n) is 6.83. The molecule has 106 valence electrons. The summed E-state index contributed by atoms with van der Waals surface area (Å²) in [5.74, 6) is -2.56. The lowest BCUT2D eigenvalue weighted by molar-refractivity contribution is -0.0489. The number of nitrogens with zero attached hydrogens (tertiary/aromatic N) is 1. The fourth-order valence-electron chi connectivity index (χ4n) is 2.65. The van der Waals surface area contributed by atoms with Gasteiger partial charge in [-0.2, -0.15) is 8.78 Å². The molecule has 0 radical (unpaired) electrons. The van der Waals surface area contributed by atoms with E-state index in [4.69, 9.17) is 0 Å². The molecule has 1 atom stereocenters. The van der Waals surface area contributed by atoms with Crippen LogP contribution in [0.3, 0.4) is 0 Å². The first-order chi connectivity index (χ1) is 8.99. The van der Waals surface area contributed by atoms with E-state index in [1.54, 1.807) is 30.0 Å². The highest BCUT2D eigenvalue weighted by Gasteiger charge is 2.35. The van der Waals surface area contributed by atoms with E-state index >= 15 is 0 Å². The fourth-order valence-corrected chi connectivity index (χ4v) is 2.65. The van der Waals surface area contributed by atoms with Crippen LogP contribution in [0.15, 0.2) is 30.3 Å². The first-order valence-corrected chi connectivity index (χ1v) is 6.83. The van der Waals surface area contributed by atoms with Crippen molar-refractivity contribution >= 4 is 0 Å². The largest absolute Gasteiger partial charge is 0.393 e.